The molecule has 1 fully saturated rings. The van der Waals surface area contributed by atoms with Gasteiger partial charge in [0.05, 0.1) is 23.1 Å². The van der Waals surface area contributed by atoms with Gasteiger partial charge in [-0.2, -0.15) is 0 Å². The number of nitrogens with one attached hydrogen (secondary N) is 2. The Labute approximate surface area is 216 Å². The van der Waals surface area contributed by atoms with E-state index in [4.69, 9.17) is 0 Å². The Hall–Kier alpha value is -3.98. The molecule has 3 aromatic rings. The van der Waals surface area contributed by atoms with Crippen LogP contribution in [0, 0.1) is 12.7 Å². The molecule has 37 heavy (non-hydrogen) atoms. The van der Waals surface area contributed by atoms with Crippen LogP contribution in [0.25, 0.3) is 0 Å². The fraction of sp³-hybridized carbons (Fsp3) is 0.321. The zero-order valence-corrected chi connectivity index (χ0v) is 21.2. The number of nitrogens with zero attached hydrogens (tertiary/aromatic N) is 3. The molecule has 8 nitrogen and oxygen atoms in total. The van der Waals surface area contributed by atoms with E-state index in [1.54, 1.807) is 24.3 Å². The van der Waals surface area contributed by atoms with E-state index in [-0.39, 0.29) is 18.3 Å². The lowest BCUT2D eigenvalue weighted by atomic mass is 9.86. The third-order valence-corrected chi connectivity index (χ3v) is 6.63. The van der Waals surface area contributed by atoms with Crippen LogP contribution in [0.15, 0.2) is 66.9 Å². The quantitative estimate of drug-likeness (QED) is 0.419. The van der Waals surface area contributed by atoms with Gasteiger partial charge in [0.1, 0.15) is 0 Å². The highest BCUT2D eigenvalue weighted by atomic mass is 19.1. The molecule has 0 aliphatic carbocycles. The molecule has 9 heteroatoms. The summed E-state index contributed by atoms with van der Waals surface area (Å²) in [6.07, 6.45) is 1.11. The first-order chi connectivity index (χ1) is 17.6. The van der Waals surface area contributed by atoms with Gasteiger partial charge >= 0.3 is 12.1 Å². The van der Waals surface area contributed by atoms with E-state index in [0.29, 0.717) is 30.8 Å². The third-order valence-electron chi connectivity index (χ3n) is 6.63. The second-order valence-electron chi connectivity index (χ2n) is 9.88. The fourth-order valence-electron chi connectivity index (χ4n) is 5.19. The van der Waals surface area contributed by atoms with Crippen LogP contribution in [0.2, 0.25) is 0 Å². The lowest BCUT2D eigenvalue weighted by Gasteiger charge is -2.51. The number of aryl methyl sites for hydroxylation is 1. The zero-order chi connectivity index (χ0) is 26.6. The normalized spacial score (nSPS) is 19.9. The number of pyridine rings is 1. The minimum atomic E-state index is -0.960. The van der Waals surface area contributed by atoms with E-state index in [9.17, 15) is 14.7 Å². The van der Waals surface area contributed by atoms with Gasteiger partial charge in [-0.15, -0.1) is 0 Å². The summed E-state index contributed by atoms with van der Waals surface area (Å²) in [5.74, 6) is -0.516. The van der Waals surface area contributed by atoms with Crippen molar-refractivity contribution < 1.29 is 19.1 Å². The summed E-state index contributed by atoms with van der Waals surface area (Å²) in [5.41, 5.74) is 2.16. The summed E-state index contributed by atoms with van der Waals surface area (Å²) >= 11 is 0. The molecule has 0 unspecified atom stereocenters. The number of aromatic nitrogens is 1. The van der Waals surface area contributed by atoms with Crippen molar-refractivity contribution >= 4 is 23.5 Å². The van der Waals surface area contributed by atoms with Gasteiger partial charge in [0.25, 0.3) is 0 Å². The van der Waals surface area contributed by atoms with Gasteiger partial charge in [0.15, 0.2) is 5.82 Å². The molecule has 1 aliphatic rings. The molecule has 2 aromatic carbocycles. The number of carbonyl (C=O) groups excluding carboxylic acids is 1. The van der Waals surface area contributed by atoms with Crippen molar-refractivity contribution in [2.24, 2.45) is 0 Å². The zero-order valence-electron chi connectivity index (χ0n) is 21.2. The summed E-state index contributed by atoms with van der Waals surface area (Å²) in [6.45, 7) is 6.85. The van der Waals surface area contributed by atoms with Crippen molar-refractivity contribution in [2.45, 2.75) is 45.3 Å². The van der Waals surface area contributed by atoms with Crippen LogP contribution in [0.3, 0.4) is 0 Å². The van der Waals surface area contributed by atoms with Gasteiger partial charge < -0.3 is 15.7 Å². The number of anilines is 2. The maximum Gasteiger partial charge on any atom is 0.408 e. The number of halogens is 1. The molecule has 0 radical (unpaired) electrons. The molecule has 1 aliphatic heterocycles. The van der Waals surface area contributed by atoms with Crippen LogP contribution in [0.5, 0.6) is 0 Å². The van der Waals surface area contributed by atoms with Crippen LogP contribution in [-0.2, 0) is 13.0 Å². The standard InChI is InChI=1S/C28H32FN5O3/c1-19-12-13-23(15-30-19)31-26(35)32-24-11-7-10-22(25(24)29)17-33-16-20(2)34(27(36)37)28(3,18-33)14-21-8-5-4-6-9-21/h4-13,15,20H,14,16-18H2,1-3H3,(H,36,37)(H2,31,32,35)/t20-,28-/m1/s1. The van der Waals surface area contributed by atoms with Gasteiger partial charge in [-0.1, -0.05) is 42.5 Å². The Morgan fingerprint density at radius 1 is 1.11 bits per heavy atom. The molecule has 1 aromatic heterocycles. The van der Waals surface area contributed by atoms with E-state index >= 15 is 4.39 Å². The average molecular weight is 506 g/mol. The number of hydrogen-bond acceptors (Lipinski definition) is 4. The first-order valence-corrected chi connectivity index (χ1v) is 12.2. The Kier molecular flexibility index (Phi) is 7.73. The van der Waals surface area contributed by atoms with Crippen LogP contribution in [-0.4, -0.2) is 56.7 Å². The Morgan fingerprint density at radius 2 is 1.86 bits per heavy atom. The highest BCUT2D eigenvalue weighted by molar-refractivity contribution is 5.99. The first kappa shape index (κ1) is 26.1. The number of carboxylic acid groups (broad SMARTS) is 1. The number of piperazine rings is 1. The number of urea groups is 1. The fourth-order valence-corrected chi connectivity index (χ4v) is 5.19. The molecular formula is C28H32FN5O3. The lowest BCUT2D eigenvalue weighted by Crippen LogP contribution is -2.66. The molecule has 3 amide bonds. The van der Waals surface area contributed by atoms with E-state index in [2.05, 4.69) is 20.5 Å². The number of hydrogen-bond donors (Lipinski definition) is 3. The van der Waals surface area contributed by atoms with Crippen molar-refractivity contribution in [1.29, 1.82) is 0 Å². The minimum Gasteiger partial charge on any atom is -0.465 e. The summed E-state index contributed by atoms with van der Waals surface area (Å²) in [5, 5.41) is 15.2. The number of carbonyl (C=O) groups is 2. The predicted octanol–water partition coefficient (Wildman–Crippen LogP) is 5.36. The molecule has 0 spiro atoms. The summed E-state index contributed by atoms with van der Waals surface area (Å²) < 4.78 is 15.4. The molecule has 3 N–H and O–H groups in total. The predicted molar refractivity (Wildman–Crippen MR) is 141 cm³/mol. The van der Waals surface area contributed by atoms with Gasteiger partial charge in [-0.25, -0.2) is 14.0 Å². The molecular weight excluding hydrogens is 473 g/mol. The van der Waals surface area contributed by atoms with Crippen LogP contribution >= 0.6 is 0 Å². The maximum absolute atomic E-state index is 15.4. The Bertz CT molecular complexity index is 1250. The second-order valence-corrected chi connectivity index (χ2v) is 9.88. The molecule has 2 atom stereocenters. The molecule has 194 valence electrons. The largest absolute Gasteiger partial charge is 0.465 e. The minimum absolute atomic E-state index is 0.0688. The summed E-state index contributed by atoms with van der Waals surface area (Å²) in [7, 11) is 0. The van der Waals surface area contributed by atoms with E-state index < -0.39 is 23.5 Å². The van der Waals surface area contributed by atoms with Crippen LogP contribution in [0.1, 0.15) is 30.7 Å². The van der Waals surface area contributed by atoms with Gasteiger partial charge in [0, 0.05) is 36.9 Å². The highest BCUT2D eigenvalue weighted by Gasteiger charge is 2.44. The number of amides is 3. The Balaban J connectivity index is 1.49. The maximum atomic E-state index is 15.4. The van der Waals surface area contributed by atoms with Crippen molar-refractivity contribution in [1.82, 2.24) is 14.8 Å². The Morgan fingerprint density at radius 3 is 2.54 bits per heavy atom. The van der Waals surface area contributed by atoms with Gasteiger partial charge in [-0.05, 0) is 51.0 Å². The average Bonchev–Trinajstić information content (AvgIpc) is 2.83. The molecule has 2 heterocycles. The van der Waals surface area contributed by atoms with Gasteiger partial charge in [0.2, 0.25) is 0 Å². The topological polar surface area (TPSA) is 97.8 Å². The molecule has 4 rings (SSSR count). The summed E-state index contributed by atoms with van der Waals surface area (Å²) in [4.78, 5) is 32.3. The van der Waals surface area contributed by atoms with Crippen molar-refractivity contribution in [3.8, 4) is 0 Å². The van der Waals surface area contributed by atoms with E-state index in [1.165, 1.54) is 17.2 Å². The first-order valence-electron chi connectivity index (χ1n) is 12.2. The van der Waals surface area contributed by atoms with Crippen LogP contribution in [0.4, 0.5) is 25.4 Å². The lowest BCUT2D eigenvalue weighted by molar-refractivity contribution is -0.0185. The second kappa shape index (κ2) is 11.0. The van der Waals surface area contributed by atoms with E-state index in [0.717, 1.165) is 11.3 Å². The third kappa shape index (κ3) is 6.24. The summed E-state index contributed by atoms with van der Waals surface area (Å²) in [6, 6.07) is 17.3. The van der Waals surface area contributed by atoms with Crippen molar-refractivity contribution in [2.75, 3.05) is 23.7 Å². The molecule has 0 saturated carbocycles. The smallest absolute Gasteiger partial charge is 0.408 e. The number of rotatable bonds is 6. The van der Waals surface area contributed by atoms with E-state index in [1.807, 2.05) is 51.1 Å². The van der Waals surface area contributed by atoms with Gasteiger partial charge in [-0.3, -0.25) is 14.8 Å². The molecule has 0 bridgehead atoms. The van der Waals surface area contributed by atoms with Crippen molar-refractivity contribution in [3.05, 3.63) is 89.5 Å². The van der Waals surface area contributed by atoms with Crippen molar-refractivity contribution in [3.63, 3.8) is 0 Å². The monoisotopic (exact) mass is 505 g/mol. The highest BCUT2D eigenvalue weighted by Crippen LogP contribution is 2.31. The number of benzene rings is 2. The SMILES string of the molecule is Cc1ccc(NC(=O)Nc2cccc(CN3C[C@@H](C)N(C(=O)O)[C@](C)(Cc4ccccc4)C3)c2F)cn1. The van der Waals surface area contributed by atoms with Crippen LogP contribution < -0.4 is 10.6 Å². The molecule has 1 saturated heterocycles.